The number of carbonyl (C=O) groups is 2. The van der Waals surface area contributed by atoms with Crippen LogP contribution < -0.4 is 0 Å². The zero-order valence-corrected chi connectivity index (χ0v) is 15.5. The third-order valence-corrected chi connectivity index (χ3v) is 6.39. The Hall–Kier alpha value is -1.88. The summed E-state index contributed by atoms with van der Waals surface area (Å²) in [5, 5.41) is 11.2. The van der Waals surface area contributed by atoms with Crippen molar-refractivity contribution in [3.05, 3.63) is 34.8 Å². The van der Waals surface area contributed by atoms with Crippen LogP contribution in [0.1, 0.15) is 74.7 Å². The highest BCUT2D eigenvalue weighted by Gasteiger charge is 2.63. The smallest absolute Gasteiger partial charge is 0.334 e. The number of fused-ring (bicyclic) bond motifs is 2. The van der Waals surface area contributed by atoms with E-state index in [0.717, 1.165) is 12.0 Å². The van der Waals surface area contributed by atoms with Gasteiger partial charge in [-0.25, -0.2) is 4.79 Å². The van der Waals surface area contributed by atoms with Gasteiger partial charge in [-0.15, -0.1) is 0 Å². The number of esters is 1. The van der Waals surface area contributed by atoms with Gasteiger partial charge in [0.1, 0.15) is 6.10 Å². The molecular formula is C20H26O5. The van der Waals surface area contributed by atoms with Gasteiger partial charge >= 0.3 is 5.97 Å². The van der Waals surface area contributed by atoms with Gasteiger partial charge in [0.05, 0.1) is 11.9 Å². The van der Waals surface area contributed by atoms with Gasteiger partial charge < -0.3 is 14.3 Å². The van der Waals surface area contributed by atoms with Crippen LogP contribution in [0.5, 0.6) is 0 Å². The molecule has 2 aliphatic rings. The Kier molecular flexibility index (Phi) is 4.18. The molecule has 1 aromatic heterocycles. The average molecular weight is 346 g/mol. The van der Waals surface area contributed by atoms with Crippen LogP contribution in [0.4, 0.5) is 0 Å². The van der Waals surface area contributed by atoms with Crippen molar-refractivity contribution in [2.75, 3.05) is 0 Å². The molecule has 1 N–H and O–H groups in total. The summed E-state index contributed by atoms with van der Waals surface area (Å²) in [7, 11) is 0. The number of ketones is 1. The van der Waals surface area contributed by atoms with E-state index in [1.807, 2.05) is 13.8 Å². The van der Waals surface area contributed by atoms with Crippen molar-refractivity contribution in [1.29, 1.82) is 0 Å². The van der Waals surface area contributed by atoms with E-state index < -0.39 is 29.0 Å². The molecule has 1 fully saturated rings. The number of rotatable bonds is 2. The standard InChI is InChI=1S/C20H26O5/c1-6-11(2)18(22)25-17-14-12(3)10-24-16(14)15(21)13-8-7-9-19(4,23)20(13,17)5/h6,10,13,17,23H,7-9H2,1-5H3/b11-6+/t13-,17-,19-,20-/m1/s1. The van der Waals surface area contributed by atoms with E-state index in [9.17, 15) is 14.7 Å². The number of allylic oxidation sites excluding steroid dienone is 1. The van der Waals surface area contributed by atoms with Crippen LogP contribution in [0.3, 0.4) is 0 Å². The maximum Gasteiger partial charge on any atom is 0.334 e. The Balaban J connectivity index is 2.19. The summed E-state index contributed by atoms with van der Waals surface area (Å²) in [6.45, 7) is 8.92. The molecule has 0 bridgehead atoms. The first-order valence-electron chi connectivity index (χ1n) is 8.83. The molecule has 0 aromatic carbocycles. The maximum absolute atomic E-state index is 13.0. The number of hydrogen-bond acceptors (Lipinski definition) is 5. The molecule has 0 amide bonds. The molecule has 0 aliphatic heterocycles. The average Bonchev–Trinajstić information content (AvgIpc) is 2.94. The topological polar surface area (TPSA) is 76.7 Å². The Morgan fingerprint density at radius 1 is 1.44 bits per heavy atom. The summed E-state index contributed by atoms with van der Waals surface area (Å²) in [5.41, 5.74) is -0.159. The van der Waals surface area contributed by atoms with E-state index in [1.165, 1.54) is 6.26 Å². The molecule has 5 heteroatoms. The number of furan rings is 1. The maximum atomic E-state index is 13.0. The minimum atomic E-state index is -1.12. The van der Waals surface area contributed by atoms with Crippen LogP contribution in [-0.2, 0) is 9.53 Å². The SMILES string of the molecule is C/C=C(\C)C(=O)O[C@@H]1c2c(C)coc2C(=O)[C@H]2CCC[C@@](C)(O)[C@]21C. The Morgan fingerprint density at radius 2 is 2.12 bits per heavy atom. The van der Waals surface area contributed by atoms with Crippen LogP contribution in [0.25, 0.3) is 0 Å². The van der Waals surface area contributed by atoms with E-state index >= 15 is 0 Å². The third kappa shape index (κ3) is 2.40. The van der Waals surface area contributed by atoms with Crippen LogP contribution in [0.2, 0.25) is 0 Å². The lowest BCUT2D eigenvalue weighted by molar-refractivity contribution is -0.194. The fraction of sp³-hybridized carbons (Fsp3) is 0.600. The summed E-state index contributed by atoms with van der Waals surface area (Å²) >= 11 is 0. The predicted molar refractivity (Wildman–Crippen MR) is 92.1 cm³/mol. The van der Waals surface area contributed by atoms with Crippen molar-refractivity contribution in [3.63, 3.8) is 0 Å². The van der Waals surface area contributed by atoms with Gasteiger partial charge in [0.15, 0.2) is 5.76 Å². The molecule has 0 unspecified atom stereocenters. The Bertz CT molecular complexity index is 754. The molecule has 0 spiro atoms. The first-order chi connectivity index (χ1) is 11.6. The van der Waals surface area contributed by atoms with E-state index in [4.69, 9.17) is 9.15 Å². The van der Waals surface area contributed by atoms with E-state index in [1.54, 1.807) is 26.8 Å². The van der Waals surface area contributed by atoms with Crippen molar-refractivity contribution in [2.45, 2.75) is 65.6 Å². The lowest BCUT2D eigenvalue weighted by atomic mass is 9.51. The van der Waals surface area contributed by atoms with Crippen LogP contribution >= 0.6 is 0 Å². The predicted octanol–water partition coefficient (Wildman–Crippen LogP) is 3.89. The third-order valence-electron chi connectivity index (χ3n) is 6.39. The lowest BCUT2D eigenvalue weighted by Crippen LogP contribution is -2.59. The fourth-order valence-electron chi connectivity index (χ4n) is 4.39. The van der Waals surface area contributed by atoms with E-state index in [2.05, 4.69) is 0 Å². The molecule has 2 aliphatic carbocycles. The molecule has 4 atom stereocenters. The highest BCUT2D eigenvalue weighted by Crippen LogP contribution is 2.61. The minimum absolute atomic E-state index is 0.0966. The quantitative estimate of drug-likeness (QED) is 0.649. The van der Waals surface area contributed by atoms with Crippen molar-refractivity contribution in [2.24, 2.45) is 11.3 Å². The van der Waals surface area contributed by atoms with E-state index in [0.29, 0.717) is 24.0 Å². The van der Waals surface area contributed by atoms with Gasteiger partial charge in [-0.3, -0.25) is 4.79 Å². The second-order valence-corrected chi connectivity index (χ2v) is 7.78. The summed E-state index contributed by atoms with van der Waals surface area (Å²) in [5.74, 6) is -0.693. The van der Waals surface area contributed by atoms with Gasteiger partial charge in [-0.05, 0) is 52.5 Å². The largest absolute Gasteiger partial charge is 0.461 e. The van der Waals surface area contributed by atoms with Crippen LogP contribution in [0.15, 0.2) is 22.3 Å². The number of carbonyl (C=O) groups excluding carboxylic acids is 2. The first kappa shape index (κ1) is 17.9. The molecule has 1 saturated carbocycles. The molecule has 1 heterocycles. The first-order valence-corrected chi connectivity index (χ1v) is 8.83. The highest BCUT2D eigenvalue weighted by molar-refractivity contribution is 5.99. The molecular weight excluding hydrogens is 320 g/mol. The Morgan fingerprint density at radius 3 is 2.76 bits per heavy atom. The Labute approximate surface area is 148 Å². The van der Waals surface area contributed by atoms with E-state index in [-0.39, 0.29) is 11.5 Å². The lowest BCUT2D eigenvalue weighted by Gasteiger charge is -2.55. The molecule has 3 rings (SSSR count). The number of Topliss-reactive ketones (excluding diaryl/α,β-unsaturated/α-hetero) is 1. The molecule has 25 heavy (non-hydrogen) atoms. The number of aryl methyl sites for hydroxylation is 1. The second kappa shape index (κ2) is 5.84. The zero-order chi connectivity index (χ0) is 18.6. The van der Waals surface area contributed by atoms with Crippen molar-refractivity contribution in [3.8, 4) is 0 Å². The molecule has 1 aromatic rings. The van der Waals surface area contributed by atoms with Crippen LogP contribution in [0, 0.1) is 18.3 Å². The summed E-state index contributed by atoms with van der Waals surface area (Å²) in [4.78, 5) is 25.5. The van der Waals surface area contributed by atoms with Gasteiger partial charge in [0.25, 0.3) is 0 Å². The summed E-state index contributed by atoms with van der Waals surface area (Å²) in [6.07, 6.45) is 4.47. The summed E-state index contributed by atoms with van der Waals surface area (Å²) < 4.78 is 11.4. The van der Waals surface area contributed by atoms with Gasteiger partial charge in [-0.2, -0.15) is 0 Å². The van der Waals surface area contributed by atoms with Gasteiger partial charge in [0, 0.05) is 22.5 Å². The molecule has 5 nitrogen and oxygen atoms in total. The van der Waals surface area contributed by atoms with Gasteiger partial charge in [-0.1, -0.05) is 13.0 Å². The monoisotopic (exact) mass is 346 g/mol. The second-order valence-electron chi connectivity index (χ2n) is 7.78. The molecule has 136 valence electrons. The zero-order valence-electron chi connectivity index (χ0n) is 15.5. The fourth-order valence-corrected chi connectivity index (χ4v) is 4.39. The van der Waals surface area contributed by atoms with Crippen molar-refractivity contribution < 1.29 is 23.8 Å². The van der Waals surface area contributed by atoms with Crippen molar-refractivity contribution in [1.82, 2.24) is 0 Å². The normalized spacial score (nSPS) is 35.1. The van der Waals surface area contributed by atoms with Crippen molar-refractivity contribution >= 4 is 11.8 Å². The summed E-state index contributed by atoms with van der Waals surface area (Å²) in [6, 6.07) is 0. The van der Waals surface area contributed by atoms with Crippen LogP contribution in [-0.4, -0.2) is 22.5 Å². The minimum Gasteiger partial charge on any atom is -0.461 e. The number of aliphatic hydroxyl groups is 1. The number of ether oxygens (including phenoxy) is 1. The molecule has 0 saturated heterocycles. The van der Waals surface area contributed by atoms with Gasteiger partial charge in [0.2, 0.25) is 5.78 Å². The highest BCUT2D eigenvalue weighted by atomic mass is 16.5. The molecule has 0 radical (unpaired) electrons. The number of hydrogen-bond donors (Lipinski definition) is 1.